The molecule has 0 aliphatic heterocycles. The molecule has 1 saturated carbocycles. The Morgan fingerprint density at radius 2 is 1.71 bits per heavy atom. The van der Waals surface area contributed by atoms with Gasteiger partial charge in [0.15, 0.2) is 17.4 Å². The van der Waals surface area contributed by atoms with Crippen molar-refractivity contribution in [3.8, 4) is 5.75 Å². The van der Waals surface area contributed by atoms with E-state index in [2.05, 4.69) is 11.7 Å². The minimum atomic E-state index is -3.23. The minimum Gasteiger partial charge on any atom is -0.429 e. The Hall–Kier alpha value is -1.26. The van der Waals surface area contributed by atoms with Crippen LogP contribution in [-0.4, -0.2) is 6.61 Å². The predicted molar refractivity (Wildman–Crippen MR) is 54.1 cm³/mol. The summed E-state index contributed by atoms with van der Waals surface area (Å²) in [5.74, 6) is -2.48. The van der Waals surface area contributed by atoms with Gasteiger partial charge in [0.25, 0.3) is 0 Å². The summed E-state index contributed by atoms with van der Waals surface area (Å²) in [4.78, 5) is 0. The molecule has 0 radical (unpaired) electrons. The normalized spacial score (nSPS) is 23.6. The van der Waals surface area contributed by atoms with Gasteiger partial charge in [-0.25, -0.2) is 8.78 Å². The molecule has 1 aliphatic rings. The molecule has 0 aromatic heterocycles. The lowest BCUT2D eigenvalue weighted by atomic mass is 9.72. The van der Waals surface area contributed by atoms with Crippen LogP contribution in [-0.2, 0) is 0 Å². The maximum Gasteiger partial charge on any atom is 0.387 e. The molecular weight excluding hydrogens is 236 g/mol. The molecule has 5 heteroatoms. The van der Waals surface area contributed by atoms with Gasteiger partial charge in [0.1, 0.15) is 0 Å². The first-order valence-electron chi connectivity index (χ1n) is 5.41. The van der Waals surface area contributed by atoms with Crippen LogP contribution in [0.1, 0.15) is 31.2 Å². The highest BCUT2D eigenvalue weighted by Gasteiger charge is 2.28. The average Bonchev–Trinajstić information content (AvgIpc) is 2.18. The van der Waals surface area contributed by atoms with Crippen molar-refractivity contribution in [3.05, 3.63) is 29.3 Å². The second-order valence-electron chi connectivity index (χ2n) is 4.47. The van der Waals surface area contributed by atoms with E-state index in [1.807, 2.05) is 0 Å². The molecule has 0 saturated heterocycles. The zero-order valence-corrected chi connectivity index (χ0v) is 9.22. The van der Waals surface area contributed by atoms with Crippen molar-refractivity contribution in [2.45, 2.75) is 32.3 Å². The highest BCUT2D eigenvalue weighted by atomic mass is 19.3. The van der Waals surface area contributed by atoms with Crippen LogP contribution >= 0.6 is 0 Å². The molecule has 0 amide bonds. The number of hydrogen-bond acceptors (Lipinski definition) is 1. The second kappa shape index (κ2) is 4.55. The van der Waals surface area contributed by atoms with E-state index in [1.165, 1.54) is 0 Å². The number of ether oxygens (including phenoxy) is 1. The van der Waals surface area contributed by atoms with Crippen molar-refractivity contribution in [1.82, 2.24) is 0 Å². The Morgan fingerprint density at radius 3 is 2.12 bits per heavy atom. The number of halogens is 4. The molecule has 17 heavy (non-hydrogen) atoms. The van der Waals surface area contributed by atoms with Crippen molar-refractivity contribution in [3.63, 3.8) is 0 Å². The van der Waals surface area contributed by atoms with Gasteiger partial charge in [-0.05, 0) is 42.4 Å². The van der Waals surface area contributed by atoms with Crippen LogP contribution in [0, 0.1) is 17.6 Å². The Labute approximate surface area is 96.4 Å². The van der Waals surface area contributed by atoms with Crippen LogP contribution < -0.4 is 4.74 Å². The van der Waals surface area contributed by atoms with Gasteiger partial charge in [0, 0.05) is 0 Å². The number of alkyl halides is 2. The number of hydrogen-bond donors (Lipinski definition) is 0. The molecule has 1 aromatic carbocycles. The largest absolute Gasteiger partial charge is 0.429 e. The summed E-state index contributed by atoms with van der Waals surface area (Å²) in [6.07, 6.45) is 1.74. The minimum absolute atomic E-state index is 0.120. The fourth-order valence-electron chi connectivity index (χ4n) is 2.19. The lowest BCUT2D eigenvalue weighted by Gasteiger charge is -2.33. The Morgan fingerprint density at radius 1 is 1.18 bits per heavy atom. The van der Waals surface area contributed by atoms with Gasteiger partial charge in [-0.15, -0.1) is 0 Å². The SMILES string of the molecule is CC1CC(c2cc(F)c(OC(F)F)c(F)c2)C1. The highest BCUT2D eigenvalue weighted by Crippen LogP contribution is 2.42. The molecular formula is C12H12F4O. The molecule has 2 rings (SSSR count). The zero-order chi connectivity index (χ0) is 12.6. The van der Waals surface area contributed by atoms with E-state index in [4.69, 9.17) is 0 Å². The third kappa shape index (κ3) is 2.53. The van der Waals surface area contributed by atoms with Gasteiger partial charge in [0.2, 0.25) is 0 Å². The Kier molecular flexibility index (Phi) is 3.26. The van der Waals surface area contributed by atoms with Gasteiger partial charge in [-0.1, -0.05) is 6.92 Å². The molecule has 1 fully saturated rings. The van der Waals surface area contributed by atoms with Crippen molar-refractivity contribution in [1.29, 1.82) is 0 Å². The summed E-state index contributed by atoms with van der Waals surface area (Å²) in [6.45, 7) is -1.18. The molecule has 0 spiro atoms. The quantitative estimate of drug-likeness (QED) is 0.732. The standard InChI is InChI=1S/C12H12F4O/c1-6-2-7(3-6)8-4-9(13)11(10(14)5-8)17-12(15)16/h4-7,12H,2-3H2,1H3. The maximum atomic E-state index is 13.4. The van der Waals surface area contributed by atoms with Crippen molar-refractivity contribution >= 4 is 0 Å². The van der Waals surface area contributed by atoms with Crippen LogP contribution in [0.4, 0.5) is 17.6 Å². The van der Waals surface area contributed by atoms with E-state index in [9.17, 15) is 17.6 Å². The molecule has 94 valence electrons. The van der Waals surface area contributed by atoms with Crippen LogP contribution in [0.2, 0.25) is 0 Å². The molecule has 0 N–H and O–H groups in total. The van der Waals surface area contributed by atoms with E-state index < -0.39 is 24.0 Å². The molecule has 0 heterocycles. The molecule has 0 atom stereocenters. The highest BCUT2D eigenvalue weighted by molar-refractivity contribution is 5.34. The third-order valence-corrected chi connectivity index (χ3v) is 3.07. The van der Waals surface area contributed by atoms with Gasteiger partial charge < -0.3 is 4.74 Å². The fraction of sp³-hybridized carbons (Fsp3) is 0.500. The summed E-state index contributed by atoms with van der Waals surface area (Å²) in [5, 5.41) is 0. The lowest BCUT2D eigenvalue weighted by Crippen LogP contribution is -2.19. The summed E-state index contributed by atoms with van der Waals surface area (Å²) in [5.41, 5.74) is 0.514. The zero-order valence-electron chi connectivity index (χ0n) is 9.22. The molecule has 1 nitrogen and oxygen atoms in total. The monoisotopic (exact) mass is 248 g/mol. The summed E-state index contributed by atoms with van der Waals surface area (Å²) >= 11 is 0. The number of benzene rings is 1. The van der Waals surface area contributed by atoms with Crippen LogP contribution in [0.15, 0.2) is 12.1 Å². The van der Waals surface area contributed by atoms with Gasteiger partial charge in [-0.2, -0.15) is 8.78 Å². The van der Waals surface area contributed by atoms with E-state index in [0.717, 1.165) is 25.0 Å². The number of rotatable bonds is 3. The summed E-state index contributed by atoms with van der Waals surface area (Å²) in [6, 6.07) is 2.16. The topological polar surface area (TPSA) is 9.23 Å². The van der Waals surface area contributed by atoms with E-state index in [1.54, 1.807) is 0 Å². The third-order valence-electron chi connectivity index (χ3n) is 3.07. The molecule has 0 unspecified atom stereocenters. The second-order valence-corrected chi connectivity index (χ2v) is 4.47. The molecule has 1 aromatic rings. The average molecular weight is 248 g/mol. The van der Waals surface area contributed by atoms with Crippen LogP contribution in [0.5, 0.6) is 5.75 Å². The van der Waals surface area contributed by atoms with Crippen LogP contribution in [0.3, 0.4) is 0 Å². The first-order valence-corrected chi connectivity index (χ1v) is 5.41. The Balaban J connectivity index is 2.22. The molecule has 0 bridgehead atoms. The maximum absolute atomic E-state index is 13.4. The summed E-state index contributed by atoms with van der Waals surface area (Å²) < 4.78 is 54.4. The van der Waals surface area contributed by atoms with Crippen LogP contribution in [0.25, 0.3) is 0 Å². The molecule has 1 aliphatic carbocycles. The van der Waals surface area contributed by atoms with Crippen molar-refractivity contribution < 1.29 is 22.3 Å². The predicted octanol–water partition coefficient (Wildman–Crippen LogP) is 4.08. The lowest BCUT2D eigenvalue weighted by molar-refractivity contribution is -0.0546. The van der Waals surface area contributed by atoms with E-state index in [-0.39, 0.29) is 5.92 Å². The van der Waals surface area contributed by atoms with Crippen molar-refractivity contribution in [2.75, 3.05) is 0 Å². The van der Waals surface area contributed by atoms with E-state index >= 15 is 0 Å². The van der Waals surface area contributed by atoms with Gasteiger partial charge >= 0.3 is 6.61 Å². The van der Waals surface area contributed by atoms with Gasteiger partial charge in [-0.3, -0.25) is 0 Å². The summed E-state index contributed by atoms with van der Waals surface area (Å²) in [7, 11) is 0. The van der Waals surface area contributed by atoms with Gasteiger partial charge in [0.05, 0.1) is 0 Å². The first kappa shape index (κ1) is 12.2. The smallest absolute Gasteiger partial charge is 0.387 e. The van der Waals surface area contributed by atoms with E-state index in [0.29, 0.717) is 11.5 Å². The van der Waals surface area contributed by atoms with Crippen molar-refractivity contribution in [2.24, 2.45) is 5.92 Å². The first-order chi connectivity index (χ1) is 7.97. The Bertz CT molecular complexity index is 390. The fourth-order valence-corrected chi connectivity index (χ4v) is 2.19.